The van der Waals surface area contributed by atoms with Gasteiger partial charge in [0.05, 0.1) is 11.3 Å². The van der Waals surface area contributed by atoms with E-state index < -0.39 is 17.5 Å². The predicted octanol–water partition coefficient (Wildman–Crippen LogP) is 5.00. The molecule has 0 atom stereocenters. The third-order valence-corrected chi connectivity index (χ3v) is 3.57. The fourth-order valence-electron chi connectivity index (χ4n) is 2.40. The maximum Gasteiger partial charge on any atom is 0.416 e. The molecule has 0 N–H and O–H groups in total. The molecule has 120 valence electrons. The van der Waals surface area contributed by atoms with Crippen LogP contribution in [0.2, 0.25) is 0 Å². The second-order valence-electron chi connectivity index (χ2n) is 5.17. The lowest BCUT2D eigenvalue weighted by atomic mass is 9.94. The van der Waals surface area contributed by atoms with E-state index in [0.717, 1.165) is 12.1 Å². The van der Waals surface area contributed by atoms with Crippen molar-refractivity contribution in [2.75, 3.05) is 0 Å². The maximum absolute atomic E-state index is 13.0. The number of ketones is 1. The Balaban J connectivity index is 2.18. The molecule has 1 aromatic heterocycles. The summed E-state index contributed by atoms with van der Waals surface area (Å²) in [7, 11) is 0. The highest BCUT2D eigenvalue weighted by atomic mass is 19.4. The van der Waals surface area contributed by atoms with Crippen LogP contribution in [0.5, 0.6) is 0 Å². The fraction of sp³-hybridized carbons (Fsp3) is 0.0526. The highest BCUT2D eigenvalue weighted by Gasteiger charge is 2.32. The van der Waals surface area contributed by atoms with Crippen LogP contribution >= 0.6 is 0 Å². The molecule has 0 aliphatic rings. The highest BCUT2D eigenvalue weighted by molar-refractivity contribution is 6.12. The molecule has 0 saturated carbocycles. The number of aromatic nitrogens is 1. The Morgan fingerprint density at radius 1 is 0.875 bits per heavy atom. The van der Waals surface area contributed by atoms with Crippen molar-refractivity contribution in [2.45, 2.75) is 6.18 Å². The third-order valence-electron chi connectivity index (χ3n) is 3.57. The van der Waals surface area contributed by atoms with Crippen molar-refractivity contribution in [1.29, 1.82) is 0 Å². The summed E-state index contributed by atoms with van der Waals surface area (Å²) in [5.41, 5.74) is 0.271. The molecule has 5 heteroatoms. The molecule has 0 spiro atoms. The first-order valence-electron chi connectivity index (χ1n) is 7.19. The minimum atomic E-state index is -4.52. The number of carbonyl (C=O) groups is 1. The Hall–Kier alpha value is -2.95. The quantitative estimate of drug-likeness (QED) is 0.634. The number of halogens is 3. The molecule has 0 bridgehead atoms. The van der Waals surface area contributed by atoms with Gasteiger partial charge in [0.1, 0.15) is 0 Å². The van der Waals surface area contributed by atoms with Gasteiger partial charge >= 0.3 is 6.18 Å². The number of alkyl halides is 3. The van der Waals surface area contributed by atoms with Gasteiger partial charge in [0.25, 0.3) is 0 Å². The van der Waals surface area contributed by atoms with Gasteiger partial charge in [0.2, 0.25) is 0 Å². The zero-order chi connectivity index (χ0) is 17.2. The first kappa shape index (κ1) is 15.9. The van der Waals surface area contributed by atoms with Crippen molar-refractivity contribution in [2.24, 2.45) is 0 Å². The van der Waals surface area contributed by atoms with E-state index in [2.05, 4.69) is 4.98 Å². The summed E-state index contributed by atoms with van der Waals surface area (Å²) in [6, 6.07) is 16.4. The molecule has 0 saturated heterocycles. The number of hydrogen-bond acceptors (Lipinski definition) is 2. The molecule has 0 fully saturated rings. The van der Waals surface area contributed by atoms with Gasteiger partial charge in [-0.2, -0.15) is 13.2 Å². The summed E-state index contributed by atoms with van der Waals surface area (Å²) in [5.74, 6) is -0.470. The minimum absolute atomic E-state index is 0.0188. The molecule has 0 unspecified atom stereocenters. The van der Waals surface area contributed by atoms with Crippen LogP contribution in [0.4, 0.5) is 13.2 Å². The topological polar surface area (TPSA) is 30.0 Å². The summed E-state index contributed by atoms with van der Waals surface area (Å²) >= 11 is 0. The van der Waals surface area contributed by atoms with Crippen LogP contribution < -0.4 is 0 Å². The monoisotopic (exact) mass is 327 g/mol. The summed E-state index contributed by atoms with van der Waals surface area (Å²) in [4.78, 5) is 16.9. The number of rotatable bonds is 3. The highest BCUT2D eigenvalue weighted by Crippen LogP contribution is 2.33. The molecule has 3 rings (SSSR count). The van der Waals surface area contributed by atoms with Crippen LogP contribution in [0.25, 0.3) is 11.3 Å². The molecule has 24 heavy (non-hydrogen) atoms. The van der Waals surface area contributed by atoms with Gasteiger partial charge in [-0.1, -0.05) is 42.5 Å². The summed E-state index contributed by atoms with van der Waals surface area (Å²) in [5, 5.41) is 0. The molecule has 0 aliphatic heterocycles. The van der Waals surface area contributed by atoms with Crippen molar-refractivity contribution >= 4 is 5.78 Å². The molecule has 3 aromatic rings. The zero-order valence-corrected chi connectivity index (χ0v) is 12.4. The first-order valence-corrected chi connectivity index (χ1v) is 7.19. The molecule has 2 nitrogen and oxygen atoms in total. The van der Waals surface area contributed by atoms with E-state index in [1.165, 1.54) is 12.3 Å². The molecule has 1 heterocycles. The number of benzene rings is 2. The normalized spacial score (nSPS) is 11.3. The Labute approximate surface area is 136 Å². The standard InChI is InChI=1S/C19H12F3NO/c20-19(21,22)14-9-10-15(17-8-4-5-11-23-17)16(12-14)18(24)13-6-2-1-3-7-13/h1-12H. The number of pyridine rings is 1. The molecular formula is C19H12F3NO. The van der Waals surface area contributed by atoms with Gasteiger partial charge in [-0.05, 0) is 24.3 Å². The van der Waals surface area contributed by atoms with Crippen LogP contribution in [-0.4, -0.2) is 10.8 Å². The van der Waals surface area contributed by atoms with Crippen molar-refractivity contribution < 1.29 is 18.0 Å². The Kier molecular flexibility index (Phi) is 4.16. The van der Waals surface area contributed by atoms with Gasteiger partial charge in [0, 0.05) is 22.9 Å². The molecular weight excluding hydrogens is 315 g/mol. The lowest BCUT2D eigenvalue weighted by molar-refractivity contribution is -0.137. The van der Waals surface area contributed by atoms with Crippen molar-refractivity contribution in [3.8, 4) is 11.3 Å². The Morgan fingerprint density at radius 2 is 1.58 bits per heavy atom. The lowest BCUT2D eigenvalue weighted by Crippen LogP contribution is -2.10. The van der Waals surface area contributed by atoms with Crippen molar-refractivity contribution in [3.63, 3.8) is 0 Å². The summed E-state index contributed by atoms with van der Waals surface area (Å²) in [6.07, 6.45) is -2.99. The van der Waals surface area contributed by atoms with E-state index in [1.807, 2.05) is 0 Å². The average molecular weight is 327 g/mol. The molecule has 2 aromatic carbocycles. The number of hydrogen-bond donors (Lipinski definition) is 0. The predicted molar refractivity (Wildman–Crippen MR) is 84.5 cm³/mol. The van der Waals surface area contributed by atoms with Crippen molar-refractivity contribution in [3.05, 3.63) is 89.6 Å². The van der Waals surface area contributed by atoms with Crippen LogP contribution in [0.3, 0.4) is 0 Å². The average Bonchev–Trinajstić information content (AvgIpc) is 2.61. The summed E-state index contributed by atoms with van der Waals surface area (Å²) < 4.78 is 39.1. The third kappa shape index (κ3) is 3.20. The van der Waals surface area contributed by atoms with E-state index in [9.17, 15) is 18.0 Å². The van der Waals surface area contributed by atoms with Crippen LogP contribution in [0.1, 0.15) is 21.5 Å². The number of nitrogens with zero attached hydrogens (tertiary/aromatic N) is 1. The van der Waals surface area contributed by atoms with Crippen molar-refractivity contribution in [1.82, 2.24) is 4.98 Å². The number of carbonyl (C=O) groups excluding carboxylic acids is 1. The second-order valence-corrected chi connectivity index (χ2v) is 5.17. The molecule has 0 amide bonds. The van der Waals surface area contributed by atoms with Crippen LogP contribution in [0, 0.1) is 0 Å². The van der Waals surface area contributed by atoms with E-state index in [1.54, 1.807) is 48.5 Å². The van der Waals surface area contributed by atoms with Crippen LogP contribution in [0.15, 0.2) is 72.9 Å². The largest absolute Gasteiger partial charge is 0.416 e. The SMILES string of the molecule is O=C(c1ccccc1)c1cc(C(F)(F)F)ccc1-c1ccccn1. The van der Waals surface area contributed by atoms with E-state index in [0.29, 0.717) is 16.8 Å². The van der Waals surface area contributed by atoms with E-state index in [4.69, 9.17) is 0 Å². The minimum Gasteiger partial charge on any atom is -0.289 e. The van der Waals surface area contributed by atoms with Crippen LogP contribution in [-0.2, 0) is 6.18 Å². The fourth-order valence-corrected chi connectivity index (χ4v) is 2.40. The van der Waals surface area contributed by atoms with E-state index >= 15 is 0 Å². The molecule has 0 aliphatic carbocycles. The first-order chi connectivity index (χ1) is 11.5. The molecule has 0 radical (unpaired) electrons. The van der Waals surface area contributed by atoms with Gasteiger partial charge < -0.3 is 0 Å². The van der Waals surface area contributed by atoms with E-state index in [-0.39, 0.29) is 5.56 Å². The Morgan fingerprint density at radius 3 is 2.21 bits per heavy atom. The summed E-state index contributed by atoms with van der Waals surface area (Å²) in [6.45, 7) is 0. The van der Waals surface area contributed by atoms with Gasteiger partial charge in [-0.25, -0.2) is 0 Å². The second kappa shape index (κ2) is 6.28. The van der Waals surface area contributed by atoms with Gasteiger partial charge in [-0.3, -0.25) is 9.78 Å². The zero-order valence-electron chi connectivity index (χ0n) is 12.4. The van der Waals surface area contributed by atoms with Gasteiger partial charge in [-0.15, -0.1) is 0 Å². The lowest BCUT2D eigenvalue weighted by Gasteiger charge is -2.13. The smallest absolute Gasteiger partial charge is 0.289 e. The maximum atomic E-state index is 13.0. The van der Waals surface area contributed by atoms with Gasteiger partial charge in [0.15, 0.2) is 5.78 Å². The Bertz CT molecular complexity index is 859.